The van der Waals surface area contributed by atoms with E-state index in [1.807, 2.05) is 48.5 Å². The zero-order valence-corrected chi connectivity index (χ0v) is 17.7. The number of amides is 1. The fourth-order valence-electron chi connectivity index (χ4n) is 4.13. The van der Waals surface area contributed by atoms with Crippen LogP contribution in [0.2, 0.25) is 5.02 Å². The number of hydrogen-bond acceptors (Lipinski definition) is 5. The standard InChI is InChI=1S/C23H23ClN6O/c24-18-7-2-5-16(12-18)10-15-4-1-6-17(11-15)21-20(23(27)31)22(26)30(28-21)19-8-3-9-29(13-19)14-25/h1-2,4-7,11-12,19H,3,8-10,13,26H2,(H2,27,31). The molecule has 1 aromatic heterocycles. The van der Waals surface area contributed by atoms with E-state index in [1.165, 1.54) is 0 Å². The van der Waals surface area contributed by atoms with Crippen LogP contribution in [-0.2, 0) is 6.42 Å². The number of primary amides is 1. The van der Waals surface area contributed by atoms with Gasteiger partial charge in [-0.1, -0.05) is 41.9 Å². The smallest absolute Gasteiger partial charge is 0.254 e. The van der Waals surface area contributed by atoms with E-state index in [0.717, 1.165) is 36.1 Å². The lowest BCUT2D eigenvalue weighted by molar-refractivity contribution is 0.100. The lowest BCUT2D eigenvalue weighted by Crippen LogP contribution is -2.34. The number of nitriles is 1. The molecule has 4 N–H and O–H groups in total. The van der Waals surface area contributed by atoms with Gasteiger partial charge in [-0.05, 0) is 48.6 Å². The average molecular weight is 435 g/mol. The molecule has 0 radical (unpaired) electrons. The summed E-state index contributed by atoms with van der Waals surface area (Å²) in [6.07, 6.45) is 4.56. The van der Waals surface area contributed by atoms with Crippen LogP contribution in [0.3, 0.4) is 0 Å². The van der Waals surface area contributed by atoms with Crippen molar-refractivity contribution in [3.05, 3.63) is 70.2 Å². The minimum absolute atomic E-state index is 0.0881. The summed E-state index contributed by atoms with van der Waals surface area (Å²) in [6, 6.07) is 15.4. The summed E-state index contributed by atoms with van der Waals surface area (Å²) in [4.78, 5) is 13.9. The maximum absolute atomic E-state index is 12.3. The van der Waals surface area contributed by atoms with Crippen molar-refractivity contribution in [3.8, 4) is 17.5 Å². The molecule has 0 spiro atoms. The van der Waals surface area contributed by atoms with E-state index >= 15 is 0 Å². The number of benzene rings is 2. The molecule has 1 aliphatic rings. The van der Waals surface area contributed by atoms with Crippen LogP contribution in [0.5, 0.6) is 0 Å². The second-order valence-electron chi connectivity index (χ2n) is 7.77. The number of nitrogens with two attached hydrogens (primary N) is 2. The molecule has 1 amide bonds. The fourth-order valence-corrected chi connectivity index (χ4v) is 4.34. The Bertz CT molecular complexity index is 1170. The number of piperidine rings is 1. The predicted molar refractivity (Wildman–Crippen MR) is 120 cm³/mol. The summed E-state index contributed by atoms with van der Waals surface area (Å²) in [5.41, 5.74) is 15.6. The van der Waals surface area contributed by atoms with Crippen molar-refractivity contribution < 1.29 is 4.79 Å². The molecule has 3 aromatic rings. The number of carbonyl (C=O) groups excluding carboxylic acids is 1. The van der Waals surface area contributed by atoms with Crippen molar-refractivity contribution in [3.63, 3.8) is 0 Å². The van der Waals surface area contributed by atoms with E-state index < -0.39 is 5.91 Å². The van der Waals surface area contributed by atoms with Gasteiger partial charge >= 0.3 is 0 Å². The van der Waals surface area contributed by atoms with Crippen molar-refractivity contribution >= 4 is 23.3 Å². The van der Waals surface area contributed by atoms with Crippen LogP contribution in [0.4, 0.5) is 5.82 Å². The highest BCUT2D eigenvalue weighted by Gasteiger charge is 2.28. The van der Waals surface area contributed by atoms with Crippen LogP contribution in [-0.4, -0.2) is 33.7 Å². The molecule has 158 valence electrons. The molecule has 2 heterocycles. The van der Waals surface area contributed by atoms with Gasteiger partial charge < -0.3 is 16.4 Å². The molecule has 0 bridgehead atoms. The summed E-state index contributed by atoms with van der Waals surface area (Å²) in [7, 11) is 0. The number of likely N-dealkylation sites (tertiary alicyclic amines) is 1. The van der Waals surface area contributed by atoms with E-state index in [0.29, 0.717) is 23.7 Å². The third-order valence-corrected chi connectivity index (χ3v) is 5.81. The van der Waals surface area contributed by atoms with Gasteiger partial charge in [0.05, 0.1) is 12.6 Å². The van der Waals surface area contributed by atoms with Crippen molar-refractivity contribution in [2.75, 3.05) is 18.8 Å². The van der Waals surface area contributed by atoms with Gasteiger partial charge in [-0.3, -0.25) is 4.79 Å². The van der Waals surface area contributed by atoms with Crippen LogP contribution in [0.15, 0.2) is 48.5 Å². The molecule has 1 saturated heterocycles. The third-order valence-electron chi connectivity index (χ3n) is 5.58. The molecule has 7 nitrogen and oxygen atoms in total. The predicted octanol–water partition coefficient (Wildman–Crippen LogP) is 3.59. The van der Waals surface area contributed by atoms with Gasteiger partial charge in [-0.15, -0.1) is 0 Å². The largest absolute Gasteiger partial charge is 0.383 e. The SMILES string of the molecule is N#CN1CCCC(n2nc(-c3cccc(Cc4cccc(Cl)c4)c3)c(C(N)=O)c2N)C1. The molecular weight excluding hydrogens is 412 g/mol. The topological polar surface area (TPSA) is 114 Å². The third kappa shape index (κ3) is 4.35. The normalized spacial score (nSPS) is 16.1. The first kappa shape index (κ1) is 20.8. The number of aromatic nitrogens is 2. The monoisotopic (exact) mass is 434 g/mol. The van der Waals surface area contributed by atoms with E-state index in [-0.39, 0.29) is 17.4 Å². The molecular formula is C23H23ClN6O. The number of anilines is 1. The zero-order valence-electron chi connectivity index (χ0n) is 17.0. The Kier molecular flexibility index (Phi) is 5.83. The molecule has 8 heteroatoms. The van der Waals surface area contributed by atoms with Crippen LogP contribution in [0.25, 0.3) is 11.3 Å². The van der Waals surface area contributed by atoms with Gasteiger partial charge in [-0.2, -0.15) is 10.4 Å². The number of halogens is 1. The Morgan fingerprint density at radius 2 is 1.97 bits per heavy atom. The molecule has 1 unspecified atom stereocenters. The second-order valence-corrected chi connectivity index (χ2v) is 8.20. The number of carbonyl (C=O) groups is 1. The van der Waals surface area contributed by atoms with Gasteiger partial charge in [0.25, 0.3) is 5.91 Å². The van der Waals surface area contributed by atoms with Crippen LogP contribution >= 0.6 is 11.6 Å². The van der Waals surface area contributed by atoms with Gasteiger partial charge in [0.2, 0.25) is 0 Å². The van der Waals surface area contributed by atoms with Gasteiger partial charge in [0, 0.05) is 17.1 Å². The maximum Gasteiger partial charge on any atom is 0.254 e. The fraction of sp³-hybridized carbons (Fsp3) is 0.261. The summed E-state index contributed by atoms with van der Waals surface area (Å²) in [5.74, 6) is -0.375. The lowest BCUT2D eigenvalue weighted by Gasteiger charge is -2.29. The molecule has 0 saturated carbocycles. The van der Waals surface area contributed by atoms with Crippen molar-refractivity contribution in [2.45, 2.75) is 25.3 Å². The summed E-state index contributed by atoms with van der Waals surface area (Å²) >= 11 is 6.11. The summed E-state index contributed by atoms with van der Waals surface area (Å²) < 4.78 is 1.66. The molecule has 1 atom stereocenters. The van der Waals surface area contributed by atoms with Crippen molar-refractivity contribution in [1.29, 1.82) is 5.26 Å². The van der Waals surface area contributed by atoms with Crippen molar-refractivity contribution in [1.82, 2.24) is 14.7 Å². The van der Waals surface area contributed by atoms with Crippen LogP contribution in [0.1, 0.15) is 40.4 Å². The number of nitrogen functional groups attached to an aromatic ring is 1. The molecule has 1 fully saturated rings. The lowest BCUT2D eigenvalue weighted by atomic mass is 10.00. The molecule has 4 rings (SSSR count). The number of hydrogen-bond donors (Lipinski definition) is 2. The highest BCUT2D eigenvalue weighted by atomic mass is 35.5. The minimum atomic E-state index is -0.619. The quantitative estimate of drug-likeness (QED) is 0.595. The van der Waals surface area contributed by atoms with E-state index in [4.69, 9.17) is 23.1 Å². The van der Waals surface area contributed by atoms with Gasteiger partial charge in [0.1, 0.15) is 17.1 Å². The highest BCUT2D eigenvalue weighted by Crippen LogP contribution is 2.32. The average Bonchev–Trinajstić information content (AvgIpc) is 3.11. The minimum Gasteiger partial charge on any atom is -0.383 e. The molecule has 2 aromatic carbocycles. The summed E-state index contributed by atoms with van der Waals surface area (Å²) in [5, 5.41) is 14.6. The van der Waals surface area contributed by atoms with Crippen LogP contribution < -0.4 is 11.5 Å². The highest BCUT2D eigenvalue weighted by molar-refractivity contribution is 6.30. The van der Waals surface area contributed by atoms with E-state index in [9.17, 15) is 10.1 Å². The Morgan fingerprint density at radius 1 is 1.23 bits per heavy atom. The van der Waals surface area contributed by atoms with Gasteiger partial charge in [0.15, 0.2) is 6.19 Å². The van der Waals surface area contributed by atoms with Crippen LogP contribution in [0, 0.1) is 11.5 Å². The zero-order chi connectivity index (χ0) is 22.0. The first-order valence-corrected chi connectivity index (χ1v) is 10.5. The first-order chi connectivity index (χ1) is 15.0. The Labute approximate surface area is 185 Å². The van der Waals surface area contributed by atoms with Gasteiger partial charge in [-0.25, -0.2) is 4.68 Å². The second kappa shape index (κ2) is 8.70. The Morgan fingerprint density at radius 3 is 2.68 bits per heavy atom. The maximum atomic E-state index is 12.3. The molecule has 1 aliphatic heterocycles. The van der Waals surface area contributed by atoms with Crippen molar-refractivity contribution in [2.24, 2.45) is 5.73 Å². The number of nitrogens with zero attached hydrogens (tertiary/aromatic N) is 4. The molecule has 0 aliphatic carbocycles. The molecule has 31 heavy (non-hydrogen) atoms. The Hall–Kier alpha value is -3.50. The summed E-state index contributed by atoms with van der Waals surface area (Å²) in [6.45, 7) is 1.23. The van der Waals surface area contributed by atoms with E-state index in [1.54, 1.807) is 9.58 Å². The van der Waals surface area contributed by atoms with E-state index in [2.05, 4.69) is 11.3 Å². The first-order valence-electron chi connectivity index (χ1n) is 10.1. The Balaban J connectivity index is 1.71. The number of rotatable bonds is 5.